The fraction of sp³-hybridized carbons (Fsp3) is 0.333. The summed E-state index contributed by atoms with van der Waals surface area (Å²) < 4.78 is 7.05. The summed E-state index contributed by atoms with van der Waals surface area (Å²) in [4.78, 5) is 29.3. The van der Waals surface area contributed by atoms with Crippen molar-refractivity contribution < 1.29 is 9.21 Å². The van der Waals surface area contributed by atoms with E-state index in [-0.39, 0.29) is 5.91 Å². The Labute approximate surface area is 132 Å². The van der Waals surface area contributed by atoms with E-state index in [0.717, 1.165) is 17.0 Å². The molecule has 0 aromatic carbocycles. The number of fused-ring (bicyclic) bond motifs is 1. The molecule has 4 heterocycles. The van der Waals surface area contributed by atoms with Crippen molar-refractivity contribution in [2.24, 2.45) is 7.05 Å². The van der Waals surface area contributed by atoms with Gasteiger partial charge in [-0.2, -0.15) is 0 Å². The number of anilines is 1. The van der Waals surface area contributed by atoms with Crippen LogP contribution in [0.15, 0.2) is 35.5 Å². The highest BCUT2D eigenvalue weighted by molar-refractivity contribution is 5.91. The molecule has 0 N–H and O–H groups in total. The lowest BCUT2D eigenvalue weighted by atomic mass is 10.2. The van der Waals surface area contributed by atoms with Crippen molar-refractivity contribution in [3.05, 3.63) is 36.8 Å². The number of piperazine rings is 1. The summed E-state index contributed by atoms with van der Waals surface area (Å²) in [5, 5.41) is 0. The first-order valence-corrected chi connectivity index (χ1v) is 7.44. The average molecular weight is 312 g/mol. The Morgan fingerprint density at radius 3 is 2.74 bits per heavy atom. The lowest BCUT2D eigenvalue weighted by molar-refractivity contribution is 0.0714. The minimum atomic E-state index is -0.0691. The van der Waals surface area contributed by atoms with E-state index in [4.69, 9.17) is 4.42 Å². The Morgan fingerprint density at radius 1 is 1.17 bits per heavy atom. The second kappa shape index (κ2) is 5.38. The Morgan fingerprint density at radius 2 is 2.00 bits per heavy atom. The SMILES string of the molecule is Cn1cnc2c(N3CCN(C(=O)c4ccco4)CC3)ncnc21. The van der Waals surface area contributed by atoms with Crippen LogP contribution in [0.1, 0.15) is 10.6 Å². The smallest absolute Gasteiger partial charge is 0.289 e. The molecule has 1 aliphatic rings. The van der Waals surface area contributed by atoms with Crippen LogP contribution in [0, 0.1) is 0 Å². The van der Waals surface area contributed by atoms with Gasteiger partial charge in [0.2, 0.25) is 0 Å². The van der Waals surface area contributed by atoms with Gasteiger partial charge in [-0.1, -0.05) is 0 Å². The number of aryl methyl sites for hydroxylation is 1. The lowest BCUT2D eigenvalue weighted by Crippen LogP contribution is -2.49. The summed E-state index contributed by atoms with van der Waals surface area (Å²) >= 11 is 0. The molecule has 0 unspecified atom stereocenters. The maximum atomic E-state index is 12.3. The van der Waals surface area contributed by atoms with Crippen molar-refractivity contribution in [3.8, 4) is 0 Å². The fourth-order valence-corrected chi connectivity index (χ4v) is 2.84. The third kappa shape index (κ3) is 2.32. The zero-order chi connectivity index (χ0) is 15.8. The van der Waals surface area contributed by atoms with Crippen LogP contribution in [-0.2, 0) is 7.05 Å². The summed E-state index contributed by atoms with van der Waals surface area (Å²) in [6.07, 6.45) is 4.81. The second-order valence-electron chi connectivity index (χ2n) is 5.48. The van der Waals surface area contributed by atoms with Crippen molar-refractivity contribution in [2.45, 2.75) is 0 Å². The van der Waals surface area contributed by atoms with Gasteiger partial charge in [-0.05, 0) is 12.1 Å². The molecule has 8 heteroatoms. The van der Waals surface area contributed by atoms with Crippen LogP contribution >= 0.6 is 0 Å². The maximum Gasteiger partial charge on any atom is 0.289 e. The van der Waals surface area contributed by atoms with Crippen molar-refractivity contribution in [2.75, 3.05) is 31.1 Å². The molecule has 118 valence electrons. The first-order valence-electron chi connectivity index (χ1n) is 7.44. The van der Waals surface area contributed by atoms with Gasteiger partial charge in [0, 0.05) is 33.2 Å². The predicted octanol–water partition coefficient (Wildman–Crippen LogP) is 0.919. The van der Waals surface area contributed by atoms with E-state index in [1.54, 1.807) is 29.7 Å². The third-order valence-electron chi connectivity index (χ3n) is 4.08. The summed E-state index contributed by atoms with van der Waals surface area (Å²) in [6.45, 7) is 2.65. The zero-order valence-electron chi connectivity index (χ0n) is 12.7. The van der Waals surface area contributed by atoms with Gasteiger partial charge < -0.3 is 18.8 Å². The molecule has 0 saturated carbocycles. The molecule has 1 saturated heterocycles. The molecule has 0 spiro atoms. The highest BCUT2D eigenvalue weighted by Gasteiger charge is 2.25. The van der Waals surface area contributed by atoms with E-state index in [0.29, 0.717) is 31.9 Å². The monoisotopic (exact) mass is 312 g/mol. The molecule has 4 rings (SSSR count). The number of imidazole rings is 1. The molecule has 1 amide bonds. The molecule has 23 heavy (non-hydrogen) atoms. The van der Waals surface area contributed by atoms with Crippen molar-refractivity contribution in [3.63, 3.8) is 0 Å². The minimum absolute atomic E-state index is 0.0691. The second-order valence-corrected chi connectivity index (χ2v) is 5.48. The number of furan rings is 1. The summed E-state index contributed by atoms with van der Waals surface area (Å²) in [7, 11) is 1.91. The van der Waals surface area contributed by atoms with E-state index in [1.807, 2.05) is 11.6 Å². The Bertz CT molecular complexity index is 833. The Balaban J connectivity index is 1.52. The first-order chi connectivity index (χ1) is 11.2. The normalized spacial score (nSPS) is 15.3. The Kier molecular flexibility index (Phi) is 3.22. The average Bonchev–Trinajstić information content (AvgIpc) is 3.25. The molecule has 0 atom stereocenters. The maximum absolute atomic E-state index is 12.3. The lowest BCUT2D eigenvalue weighted by Gasteiger charge is -2.34. The summed E-state index contributed by atoms with van der Waals surface area (Å²) in [5.74, 6) is 1.13. The highest BCUT2D eigenvalue weighted by atomic mass is 16.3. The van der Waals surface area contributed by atoms with Crippen molar-refractivity contribution in [1.82, 2.24) is 24.4 Å². The summed E-state index contributed by atoms with van der Waals surface area (Å²) in [5.41, 5.74) is 1.60. The van der Waals surface area contributed by atoms with E-state index in [1.165, 1.54) is 6.26 Å². The van der Waals surface area contributed by atoms with Crippen molar-refractivity contribution in [1.29, 1.82) is 0 Å². The predicted molar refractivity (Wildman–Crippen MR) is 83.1 cm³/mol. The largest absolute Gasteiger partial charge is 0.459 e. The molecule has 1 fully saturated rings. The van der Waals surface area contributed by atoms with Gasteiger partial charge in [-0.3, -0.25) is 4.79 Å². The number of amides is 1. The molecular formula is C15H16N6O2. The quantitative estimate of drug-likeness (QED) is 0.700. The van der Waals surface area contributed by atoms with Gasteiger partial charge in [0.15, 0.2) is 22.7 Å². The molecule has 0 radical (unpaired) electrons. The van der Waals surface area contributed by atoms with Gasteiger partial charge in [-0.25, -0.2) is 15.0 Å². The van der Waals surface area contributed by atoms with Crippen LogP contribution in [0.4, 0.5) is 5.82 Å². The molecular weight excluding hydrogens is 296 g/mol. The standard InChI is InChI=1S/C15H16N6O2/c1-19-10-18-12-13(19)16-9-17-14(12)20-4-6-21(7-5-20)15(22)11-3-2-8-23-11/h2-3,8-10H,4-7H2,1H3. The fourth-order valence-electron chi connectivity index (χ4n) is 2.84. The molecule has 0 aliphatic carbocycles. The van der Waals surface area contributed by atoms with E-state index in [9.17, 15) is 4.79 Å². The van der Waals surface area contributed by atoms with Gasteiger partial charge in [0.25, 0.3) is 5.91 Å². The van der Waals surface area contributed by atoms with Crippen LogP contribution in [0.2, 0.25) is 0 Å². The zero-order valence-corrected chi connectivity index (χ0v) is 12.7. The number of carbonyl (C=O) groups excluding carboxylic acids is 1. The van der Waals surface area contributed by atoms with Crippen LogP contribution in [-0.4, -0.2) is 56.5 Å². The van der Waals surface area contributed by atoms with Gasteiger partial charge in [0.05, 0.1) is 12.6 Å². The van der Waals surface area contributed by atoms with E-state index < -0.39 is 0 Å². The molecule has 3 aromatic heterocycles. The summed E-state index contributed by atoms with van der Waals surface area (Å²) in [6, 6.07) is 3.42. The van der Waals surface area contributed by atoms with Gasteiger partial charge in [0.1, 0.15) is 6.33 Å². The van der Waals surface area contributed by atoms with Crippen LogP contribution in [0.25, 0.3) is 11.2 Å². The topological polar surface area (TPSA) is 80.3 Å². The molecule has 1 aliphatic heterocycles. The Hall–Kier alpha value is -2.90. The molecule has 0 bridgehead atoms. The number of aromatic nitrogens is 4. The molecule has 3 aromatic rings. The highest BCUT2D eigenvalue weighted by Crippen LogP contribution is 2.22. The number of hydrogen-bond acceptors (Lipinski definition) is 6. The van der Waals surface area contributed by atoms with E-state index >= 15 is 0 Å². The first kappa shape index (κ1) is 13.7. The van der Waals surface area contributed by atoms with Crippen LogP contribution in [0.5, 0.6) is 0 Å². The number of nitrogens with zero attached hydrogens (tertiary/aromatic N) is 6. The number of carbonyl (C=O) groups is 1. The van der Waals surface area contributed by atoms with Crippen LogP contribution < -0.4 is 4.90 Å². The number of rotatable bonds is 2. The van der Waals surface area contributed by atoms with Crippen molar-refractivity contribution >= 4 is 22.9 Å². The van der Waals surface area contributed by atoms with E-state index in [2.05, 4.69) is 19.9 Å². The van der Waals surface area contributed by atoms with Gasteiger partial charge >= 0.3 is 0 Å². The third-order valence-corrected chi connectivity index (χ3v) is 4.08. The number of hydrogen-bond donors (Lipinski definition) is 0. The van der Waals surface area contributed by atoms with Gasteiger partial charge in [-0.15, -0.1) is 0 Å². The minimum Gasteiger partial charge on any atom is -0.459 e. The molecule has 8 nitrogen and oxygen atoms in total. The van der Waals surface area contributed by atoms with Crippen LogP contribution in [0.3, 0.4) is 0 Å².